The number of aryl methyl sites for hydroxylation is 3. The lowest BCUT2D eigenvalue weighted by molar-refractivity contribution is -0.139. The van der Waals surface area contributed by atoms with E-state index in [-0.39, 0.29) is 5.97 Å². The van der Waals surface area contributed by atoms with Gasteiger partial charge in [-0.2, -0.15) is 0 Å². The molecule has 0 bridgehead atoms. The van der Waals surface area contributed by atoms with E-state index in [9.17, 15) is 4.79 Å². The van der Waals surface area contributed by atoms with Crippen LogP contribution in [0.15, 0.2) is 79.1 Å². The SMILES string of the molecule is C=C(C)C(=O)OCCCOc1ccc(-c2ccc(CCCCc3ccncc3)cc2CC)cc1. The summed E-state index contributed by atoms with van der Waals surface area (Å²) in [5.74, 6) is 0.464. The van der Waals surface area contributed by atoms with Crippen LogP contribution in [0.3, 0.4) is 0 Å². The number of unbranched alkanes of at least 4 members (excludes halogenated alkanes) is 1. The van der Waals surface area contributed by atoms with Gasteiger partial charge in [0.2, 0.25) is 0 Å². The predicted octanol–water partition coefficient (Wildman–Crippen LogP) is 6.76. The lowest BCUT2D eigenvalue weighted by Gasteiger charge is -2.12. The molecule has 34 heavy (non-hydrogen) atoms. The van der Waals surface area contributed by atoms with Crippen LogP contribution in [-0.2, 0) is 28.8 Å². The van der Waals surface area contributed by atoms with Gasteiger partial charge in [-0.15, -0.1) is 0 Å². The van der Waals surface area contributed by atoms with Crippen molar-refractivity contribution in [3.05, 3.63) is 95.8 Å². The van der Waals surface area contributed by atoms with Crippen molar-refractivity contribution in [2.24, 2.45) is 0 Å². The molecule has 1 heterocycles. The van der Waals surface area contributed by atoms with E-state index < -0.39 is 0 Å². The topological polar surface area (TPSA) is 48.4 Å². The van der Waals surface area contributed by atoms with E-state index >= 15 is 0 Å². The van der Waals surface area contributed by atoms with Crippen LogP contribution in [0.4, 0.5) is 0 Å². The third kappa shape index (κ3) is 7.87. The molecule has 4 nitrogen and oxygen atoms in total. The first kappa shape index (κ1) is 25.2. The molecule has 178 valence electrons. The van der Waals surface area contributed by atoms with E-state index in [1.54, 1.807) is 6.92 Å². The first-order valence-electron chi connectivity index (χ1n) is 12.1. The van der Waals surface area contributed by atoms with E-state index in [2.05, 4.69) is 61.0 Å². The van der Waals surface area contributed by atoms with Crippen molar-refractivity contribution >= 4 is 5.97 Å². The summed E-state index contributed by atoms with van der Waals surface area (Å²) >= 11 is 0. The molecule has 0 aliphatic heterocycles. The Hall–Kier alpha value is -3.40. The molecule has 0 aliphatic carbocycles. The Morgan fingerprint density at radius 2 is 1.59 bits per heavy atom. The van der Waals surface area contributed by atoms with Crippen LogP contribution in [-0.4, -0.2) is 24.2 Å². The van der Waals surface area contributed by atoms with Gasteiger partial charge in [-0.1, -0.05) is 43.8 Å². The third-order valence-corrected chi connectivity index (χ3v) is 5.79. The van der Waals surface area contributed by atoms with E-state index in [1.165, 1.54) is 40.7 Å². The maximum Gasteiger partial charge on any atom is 0.333 e. The highest BCUT2D eigenvalue weighted by Crippen LogP contribution is 2.28. The Kier molecular flexibility index (Phi) is 9.90. The number of nitrogens with zero attached hydrogens (tertiary/aromatic N) is 1. The minimum absolute atomic E-state index is 0.333. The second kappa shape index (κ2) is 13.3. The van der Waals surface area contributed by atoms with E-state index in [0.717, 1.165) is 25.0 Å². The van der Waals surface area contributed by atoms with Gasteiger partial charge in [-0.05, 0) is 91.1 Å². The number of ether oxygens (including phenoxy) is 2. The fourth-order valence-electron chi connectivity index (χ4n) is 3.85. The molecule has 2 aromatic carbocycles. The largest absolute Gasteiger partial charge is 0.493 e. The van der Waals surface area contributed by atoms with Gasteiger partial charge in [-0.25, -0.2) is 4.79 Å². The van der Waals surface area contributed by atoms with Crippen LogP contribution in [0.25, 0.3) is 11.1 Å². The van der Waals surface area contributed by atoms with Gasteiger partial charge in [0.25, 0.3) is 0 Å². The summed E-state index contributed by atoms with van der Waals surface area (Å²) in [5.41, 5.74) is 7.03. The molecule has 0 saturated heterocycles. The smallest absolute Gasteiger partial charge is 0.333 e. The lowest BCUT2D eigenvalue weighted by atomic mass is 9.94. The summed E-state index contributed by atoms with van der Waals surface area (Å²) in [4.78, 5) is 15.5. The molecule has 0 aliphatic rings. The molecule has 0 amide bonds. The third-order valence-electron chi connectivity index (χ3n) is 5.79. The second-order valence-electron chi connectivity index (χ2n) is 8.55. The summed E-state index contributed by atoms with van der Waals surface area (Å²) in [6, 6.07) is 19.3. The van der Waals surface area contributed by atoms with E-state index in [4.69, 9.17) is 9.47 Å². The highest BCUT2D eigenvalue weighted by Gasteiger charge is 2.07. The highest BCUT2D eigenvalue weighted by atomic mass is 16.5. The quantitative estimate of drug-likeness (QED) is 0.162. The van der Waals surface area contributed by atoms with Gasteiger partial charge < -0.3 is 9.47 Å². The summed E-state index contributed by atoms with van der Waals surface area (Å²) in [6.07, 6.45) is 9.96. The second-order valence-corrected chi connectivity index (χ2v) is 8.55. The molecule has 0 spiro atoms. The van der Waals surface area contributed by atoms with E-state index in [0.29, 0.717) is 25.2 Å². The number of hydrogen-bond donors (Lipinski definition) is 0. The van der Waals surface area contributed by atoms with Crippen LogP contribution >= 0.6 is 0 Å². The number of benzene rings is 2. The molecule has 3 rings (SSSR count). The van der Waals surface area contributed by atoms with Crippen LogP contribution in [0, 0.1) is 0 Å². The summed E-state index contributed by atoms with van der Waals surface area (Å²) in [5, 5.41) is 0. The molecule has 0 atom stereocenters. The molecule has 0 unspecified atom stereocenters. The number of carbonyl (C=O) groups excluding carboxylic acids is 1. The fourth-order valence-corrected chi connectivity index (χ4v) is 3.85. The van der Waals surface area contributed by atoms with Crippen molar-refractivity contribution in [3.8, 4) is 16.9 Å². The standard InChI is InChI=1S/C30H35NO3/c1-4-26-22-25(9-6-5-8-24-16-18-31-19-17-24)10-15-29(26)27-11-13-28(14-12-27)33-20-7-21-34-30(32)23(2)3/h10-19,22H,2,4-9,20-21H2,1,3H3. The molecule has 4 heteroatoms. The number of pyridine rings is 1. The van der Waals surface area contributed by atoms with Crippen molar-refractivity contribution < 1.29 is 14.3 Å². The number of rotatable bonds is 13. The zero-order chi connectivity index (χ0) is 24.2. The van der Waals surface area contributed by atoms with Crippen LogP contribution < -0.4 is 4.74 Å². The van der Waals surface area contributed by atoms with Gasteiger partial charge in [0.05, 0.1) is 13.2 Å². The minimum atomic E-state index is -0.355. The minimum Gasteiger partial charge on any atom is -0.493 e. The Bertz CT molecular complexity index is 1060. The van der Waals surface area contributed by atoms with Crippen LogP contribution in [0.2, 0.25) is 0 Å². The molecule has 0 fully saturated rings. The van der Waals surface area contributed by atoms with Crippen LogP contribution in [0.1, 0.15) is 49.8 Å². The zero-order valence-electron chi connectivity index (χ0n) is 20.4. The number of esters is 1. The molecule has 0 radical (unpaired) electrons. The summed E-state index contributed by atoms with van der Waals surface area (Å²) < 4.78 is 10.9. The van der Waals surface area contributed by atoms with Crippen molar-refractivity contribution in [1.29, 1.82) is 0 Å². The monoisotopic (exact) mass is 457 g/mol. The van der Waals surface area contributed by atoms with Crippen molar-refractivity contribution in [2.45, 2.75) is 52.4 Å². The predicted molar refractivity (Wildman–Crippen MR) is 138 cm³/mol. The zero-order valence-corrected chi connectivity index (χ0v) is 20.4. The maximum absolute atomic E-state index is 11.4. The molecule has 0 N–H and O–H groups in total. The molecule has 3 aromatic rings. The highest BCUT2D eigenvalue weighted by molar-refractivity contribution is 5.86. The van der Waals surface area contributed by atoms with Gasteiger partial charge >= 0.3 is 5.97 Å². The van der Waals surface area contributed by atoms with Crippen molar-refractivity contribution in [2.75, 3.05) is 13.2 Å². The fraction of sp³-hybridized carbons (Fsp3) is 0.333. The molecule has 1 aromatic heterocycles. The Morgan fingerprint density at radius 1 is 0.882 bits per heavy atom. The van der Waals surface area contributed by atoms with Gasteiger partial charge in [-0.3, -0.25) is 4.98 Å². The van der Waals surface area contributed by atoms with Gasteiger partial charge in [0, 0.05) is 24.4 Å². The Labute approximate surface area is 203 Å². The van der Waals surface area contributed by atoms with Gasteiger partial charge in [0.1, 0.15) is 5.75 Å². The maximum atomic E-state index is 11.4. The molecule has 0 saturated carbocycles. The molecular formula is C30H35NO3. The van der Waals surface area contributed by atoms with Crippen molar-refractivity contribution in [3.63, 3.8) is 0 Å². The summed E-state index contributed by atoms with van der Waals surface area (Å²) in [7, 11) is 0. The number of carbonyl (C=O) groups is 1. The Morgan fingerprint density at radius 3 is 2.26 bits per heavy atom. The summed E-state index contributed by atoms with van der Waals surface area (Å²) in [6.45, 7) is 8.26. The Balaban J connectivity index is 1.48. The normalized spacial score (nSPS) is 10.6. The first-order valence-corrected chi connectivity index (χ1v) is 12.1. The first-order chi connectivity index (χ1) is 16.6. The van der Waals surface area contributed by atoms with Gasteiger partial charge in [0.15, 0.2) is 0 Å². The number of aromatic nitrogens is 1. The lowest BCUT2D eigenvalue weighted by Crippen LogP contribution is -2.09. The number of hydrogen-bond acceptors (Lipinski definition) is 4. The average Bonchev–Trinajstić information content (AvgIpc) is 2.87. The van der Waals surface area contributed by atoms with E-state index in [1.807, 2.05) is 24.5 Å². The van der Waals surface area contributed by atoms with Crippen molar-refractivity contribution in [1.82, 2.24) is 4.98 Å². The molecular weight excluding hydrogens is 422 g/mol. The average molecular weight is 458 g/mol. The van der Waals surface area contributed by atoms with Crippen LogP contribution in [0.5, 0.6) is 5.75 Å².